The number of anilines is 1. The van der Waals surface area contributed by atoms with Crippen molar-refractivity contribution in [2.45, 2.75) is 26.8 Å². The summed E-state index contributed by atoms with van der Waals surface area (Å²) in [5.74, 6) is -1.03. The van der Waals surface area contributed by atoms with Crippen LogP contribution in [0, 0.1) is 20.8 Å². The highest BCUT2D eigenvalue weighted by Crippen LogP contribution is 2.46. The Morgan fingerprint density at radius 3 is 2.47 bits per heavy atom. The molecule has 1 aliphatic heterocycles. The number of hydrogen-bond acceptors (Lipinski definition) is 4. The molecule has 0 spiro atoms. The Kier molecular flexibility index (Phi) is 5.85. The molecule has 5 rings (SSSR count). The van der Waals surface area contributed by atoms with Crippen LogP contribution in [-0.2, 0) is 9.59 Å². The van der Waals surface area contributed by atoms with Gasteiger partial charge in [0.1, 0.15) is 11.5 Å². The third-order valence-corrected chi connectivity index (χ3v) is 6.98. The molecule has 1 aliphatic rings. The second-order valence-corrected chi connectivity index (χ2v) is 9.43. The maximum atomic E-state index is 13.6. The van der Waals surface area contributed by atoms with Crippen LogP contribution in [0.4, 0.5) is 5.69 Å². The summed E-state index contributed by atoms with van der Waals surface area (Å²) in [5.41, 5.74) is 4.91. The van der Waals surface area contributed by atoms with Crippen LogP contribution in [0.3, 0.4) is 0 Å². The largest absolute Gasteiger partial charge is 0.507 e. The van der Waals surface area contributed by atoms with Crippen LogP contribution >= 0.6 is 11.6 Å². The second kappa shape index (κ2) is 8.88. The van der Waals surface area contributed by atoms with Gasteiger partial charge in [0.25, 0.3) is 11.7 Å². The predicted molar refractivity (Wildman–Crippen MR) is 142 cm³/mol. The van der Waals surface area contributed by atoms with Crippen molar-refractivity contribution >= 4 is 45.6 Å². The number of para-hydroxylation sites is 1. The lowest BCUT2D eigenvalue weighted by atomic mass is 9.91. The summed E-state index contributed by atoms with van der Waals surface area (Å²) < 4.78 is 5.41. The molecule has 1 aromatic heterocycles. The third kappa shape index (κ3) is 3.65. The van der Waals surface area contributed by atoms with Gasteiger partial charge in [-0.15, -0.1) is 0 Å². The molecule has 1 saturated heterocycles. The number of aliphatic hydroxyl groups is 1. The Labute approximate surface area is 213 Å². The highest BCUT2D eigenvalue weighted by molar-refractivity contribution is 6.52. The maximum Gasteiger partial charge on any atom is 0.300 e. The van der Waals surface area contributed by atoms with Crippen LogP contribution in [0.5, 0.6) is 5.75 Å². The molecule has 4 aromatic rings. The number of methoxy groups -OCH3 is 1. The lowest BCUT2D eigenvalue weighted by molar-refractivity contribution is -0.132. The van der Waals surface area contributed by atoms with E-state index in [1.165, 1.54) is 4.90 Å². The van der Waals surface area contributed by atoms with Gasteiger partial charge < -0.3 is 14.8 Å². The van der Waals surface area contributed by atoms with Crippen molar-refractivity contribution in [1.29, 1.82) is 0 Å². The number of H-pyrrole nitrogens is 1. The number of nitrogens with zero attached hydrogens (tertiary/aromatic N) is 1. The van der Waals surface area contributed by atoms with E-state index in [0.717, 1.165) is 33.3 Å². The van der Waals surface area contributed by atoms with E-state index in [1.807, 2.05) is 51.1 Å². The quantitative estimate of drug-likeness (QED) is 0.193. The molecule has 1 fully saturated rings. The number of aromatic nitrogens is 1. The Bertz CT molecular complexity index is 1580. The van der Waals surface area contributed by atoms with Gasteiger partial charge in [-0.1, -0.05) is 35.9 Å². The third-order valence-electron chi connectivity index (χ3n) is 6.74. The van der Waals surface area contributed by atoms with E-state index < -0.39 is 17.7 Å². The van der Waals surface area contributed by atoms with Crippen LogP contribution in [-0.4, -0.2) is 28.9 Å². The van der Waals surface area contributed by atoms with Gasteiger partial charge in [0, 0.05) is 38.4 Å². The van der Waals surface area contributed by atoms with E-state index in [2.05, 4.69) is 4.98 Å². The standard InChI is InChI=1S/C29H25ClN2O4/c1-15-13-23(36-4)16(2)12-21(15)27(33)25-26(24-17(3)31-22-11-6-5-10-20(22)24)32(29(35)28(25)34)19-9-7-8-18(30)14-19/h5-14,26,31,33H,1-4H3/b27-25+. The maximum absolute atomic E-state index is 13.6. The van der Waals surface area contributed by atoms with Crippen LogP contribution < -0.4 is 9.64 Å². The number of ether oxygens (including phenoxy) is 1. The van der Waals surface area contributed by atoms with Gasteiger partial charge in [-0.25, -0.2) is 0 Å². The lowest BCUT2D eigenvalue weighted by Crippen LogP contribution is -2.29. The first-order valence-corrected chi connectivity index (χ1v) is 11.9. The summed E-state index contributed by atoms with van der Waals surface area (Å²) in [4.78, 5) is 31.9. The first-order chi connectivity index (χ1) is 17.2. The molecular formula is C29H25ClN2O4. The van der Waals surface area contributed by atoms with Gasteiger partial charge in [-0.2, -0.15) is 0 Å². The van der Waals surface area contributed by atoms with Crippen molar-refractivity contribution in [1.82, 2.24) is 4.98 Å². The molecule has 0 radical (unpaired) electrons. The SMILES string of the molecule is COc1cc(C)c(/C(O)=C2\C(=O)C(=O)N(c3cccc(Cl)c3)C2c2c(C)[nH]c3ccccc23)cc1C. The van der Waals surface area contributed by atoms with E-state index in [1.54, 1.807) is 37.4 Å². The molecule has 1 unspecified atom stereocenters. The Morgan fingerprint density at radius 2 is 1.75 bits per heavy atom. The Balaban J connectivity index is 1.83. The molecule has 0 aliphatic carbocycles. The van der Waals surface area contributed by atoms with Crippen LogP contribution in [0.15, 0.2) is 66.2 Å². The normalized spacial score (nSPS) is 17.2. The van der Waals surface area contributed by atoms with E-state index >= 15 is 0 Å². The minimum absolute atomic E-state index is 0.0282. The van der Waals surface area contributed by atoms with Crippen molar-refractivity contribution in [3.8, 4) is 5.75 Å². The van der Waals surface area contributed by atoms with Crippen molar-refractivity contribution in [3.63, 3.8) is 0 Å². The van der Waals surface area contributed by atoms with Crippen LogP contribution in [0.25, 0.3) is 16.7 Å². The fourth-order valence-corrected chi connectivity index (χ4v) is 5.24. The zero-order valence-corrected chi connectivity index (χ0v) is 21.1. The zero-order valence-electron chi connectivity index (χ0n) is 20.3. The molecule has 1 atom stereocenters. The number of aromatic amines is 1. The molecule has 0 saturated carbocycles. The number of fused-ring (bicyclic) bond motifs is 1. The van der Waals surface area contributed by atoms with Crippen molar-refractivity contribution in [3.05, 3.63) is 99.2 Å². The number of aliphatic hydroxyl groups excluding tert-OH is 1. The topological polar surface area (TPSA) is 82.6 Å². The van der Waals surface area contributed by atoms with E-state index in [4.69, 9.17) is 16.3 Å². The minimum Gasteiger partial charge on any atom is -0.507 e. The van der Waals surface area contributed by atoms with Gasteiger partial charge in [0.15, 0.2) is 0 Å². The average molecular weight is 501 g/mol. The fraction of sp³-hybridized carbons (Fsp3) is 0.172. The van der Waals surface area contributed by atoms with E-state index in [0.29, 0.717) is 22.0 Å². The van der Waals surface area contributed by atoms with Gasteiger partial charge in [0.05, 0.1) is 18.7 Å². The second-order valence-electron chi connectivity index (χ2n) is 8.99. The number of halogens is 1. The summed E-state index contributed by atoms with van der Waals surface area (Å²) in [6.07, 6.45) is 0. The van der Waals surface area contributed by atoms with Gasteiger partial charge >= 0.3 is 0 Å². The highest BCUT2D eigenvalue weighted by atomic mass is 35.5. The summed E-state index contributed by atoms with van der Waals surface area (Å²) >= 11 is 6.27. The molecular weight excluding hydrogens is 476 g/mol. The molecule has 1 amide bonds. The molecule has 7 heteroatoms. The van der Waals surface area contributed by atoms with Gasteiger partial charge in [-0.3, -0.25) is 14.5 Å². The lowest BCUT2D eigenvalue weighted by Gasteiger charge is -2.26. The molecule has 36 heavy (non-hydrogen) atoms. The fourth-order valence-electron chi connectivity index (χ4n) is 5.06. The Hall–Kier alpha value is -4.03. The molecule has 0 bridgehead atoms. The van der Waals surface area contributed by atoms with Crippen LogP contribution in [0.1, 0.15) is 34.0 Å². The first-order valence-electron chi connectivity index (χ1n) is 11.5. The average Bonchev–Trinajstić information content (AvgIpc) is 3.31. The number of benzene rings is 3. The van der Waals surface area contributed by atoms with Crippen molar-refractivity contribution < 1.29 is 19.4 Å². The summed E-state index contributed by atoms with van der Waals surface area (Å²) in [6.45, 7) is 5.59. The molecule has 182 valence electrons. The summed E-state index contributed by atoms with van der Waals surface area (Å²) in [6, 6.07) is 17.2. The van der Waals surface area contributed by atoms with Gasteiger partial charge in [-0.05, 0) is 68.3 Å². The predicted octanol–water partition coefficient (Wildman–Crippen LogP) is 6.38. The summed E-state index contributed by atoms with van der Waals surface area (Å²) in [7, 11) is 1.58. The number of amides is 1. The number of nitrogens with one attached hydrogen (secondary N) is 1. The monoisotopic (exact) mass is 500 g/mol. The number of Topliss-reactive ketones (excluding diaryl/α,β-unsaturated/α-hetero) is 1. The molecule has 6 nitrogen and oxygen atoms in total. The number of ketones is 1. The van der Waals surface area contributed by atoms with E-state index in [-0.39, 0.29) is 11.3 Å². The van der Waals surface area contributed by atoms with Gasteiger partial charge in [0.2, 0.25) is 0 Å². The minimum atomic E-state index is -0.860. The first kappa shape index (κ1) is 23.7. The number of hydrogen-bond donors (Lipinski definition) is 2. The molecule has 2 heterocycles. The Morgan fingerprint density at radius 1 is 1.00 bits per heavy atom. The molecule has 2 N–H and O–H groups in total. The van der Waals surface area contributed by atoms with Crippen molar-refractivity contribution in [2.24, 2.45) is 0 Å². The van der Waals surface area contributed by atoms with Crippen LogP contribution in [0.2, 0.25) is 5.02 Å². The zero-order chi connectivity index (χ0) is 25.7. The smallest absolute Gasteiger partial charge is 0.300 e. The number of carbonyl (C=O) groups is 2. The van der Waals surface area contributed by atoms with Crippen molar-refractivity contribution in [2.75, 3.05) is 12.0 Å². The number of rotatable bonds is 4. The number of aryl methyl sites for hydroxylation is 3. The highest BCUT2D eigenvalue weighted by Gasteiger charge is 2.48. The number of carbonyl (C=O) groups excluding carboxylic acids is 2. The summed E-state index contributed by atoms with van der Waals surface area (Å²) in [5, 5.41) is 12.9. The van der Waals surface area contributed by atoms with E-state index in [9.17, 15) is 14.7 Å². The molecule has 3 aromatic carbocycles.